The molecule has 0 spiro atoms. The molecule has 3 amide bonds. The molecule has 0 radical (unpaired) electrons. The second kappa shape index (κ2) is 7.13. The van der Waals surface area contributed by atoms with Crippen LogP contribution in [-0.4, -0.2) is 41.0 Å². The summed E-state index contributed by atoms with van der Waals surface area (Å²) in [5, 5.41) is 11.2. The summed E-state index contributed by atoms with van der Waals surface area (Å²) in [5.74, 6) is -1.98. The normalized spacial score (nSPS) is 9.85. The number of nitrogens with two attached hydrogens (primary N) is 1. The Hall–Kier alpha value is -2.57. The lowest BCUT2D eigenvalue weighted by atomic mass is 10.1. The van der Waals surface area contributed by atoms with Crippen LogP contribution < -0.4 is 11.1 Å². The van der Waals surface area contributed by atoms with Gasteiger partial charge in [0.25, 0.3) is 0 Å². The van der Waals surface area contributed by atoms with Crippen molar-refractivity contribution in [1.82, 2.24) is 10.2 Å². The van der Waals surface area contributed by atoms with Crippen molar-refractivity contribution in [2.75, 3.05) is 13.1 Å². The van der Waals surface area contributed by atoms with Crippen molar-refractivity contribution in [2.24, 2.45) is 5.73 Å². The number of aryl methyl sites for hydroxylation is 1. The zero-order valence-electron chi connectivity index (χ0n) is 11.1. The van der Waals surface area contributed by atoms with Crippen molar-refractivity contribution in [3.63, 3.8) is 0 Å². The molecular formula is C13H17N3O4. The average molecular weight is 279 g/mol. The number of benzene rings is 1. The van der Waals surface area contributed by atoms with E-state index in [9.17, 15) is 14.4 Å². The number of nitrogens with one attached hydrogen (secondary N) is 1. The molecule has 7 nitrogen and oxygen atoms in total. The van der Waals surface area contributed by atoms with E-state index in [2.05, 4.69) is 5.32 Å². The molecule has 1 aromatic carbocycles. The smallest absolute Gasteiger partial charge is 0.323 e. The molecule has 0 bridgehead atoms. The SMILES string of the molecule is Cc1ccc(CNC(=O)N(CC(N)=O)CC(=O)O)cc1. The van der Waals surface area contributed by atoms with Gasteiger partial charge in [-0.2, -0.15) is 0 Å². The lowest BCUT2D eigenvalue weighted by Crippen LogP contribution is -2.46. The number of urea groups is 1. The molecule has 0 aliphatic carbocycles. The number of hydrogen-bond acceptors (Lipinski definition) is 3. The first kappa shape index (κ1) is 15.5. The fourth-order valence-corrected chi connectivity index (χ4v) is 1.55. The van der Waals surface area contributed by atoms with Crippen LogP contribution in [0.1, 0.15) is 11.1 Å². The molecule has 108 valence electrons. The topological polar surface area (TPSA) is 113 Å². The number of rotatable bonds is 6. The largest absolute Gasteiger partial charge is 0.480 e. The first-order valence-electron chi connectivity index (χ1n) is 5.97. The fourth-order valence-electron chi connectivity index (χ4n) is 1.55. The fraction of sp³-hybridized carbons (Fsp3) is 0.308. The molecule has 4 N–H and O–H groups in total. The Kier molecular flexibility index (Phi) is 5.52. The lowest BCUT2D eigenvalue weighted by molar-refractivity contribution is -0.137. The van der Waals surface area contributed by atoms with Crippen LogP contribution in [0, 0.1) is 6.92 Å². The van der Waals surface area contributed by atoms with Gasteiger partial charge >= 0.3 is 12.0 Å². The van der Waals surface area contributed by atoms with Gasteiger partial charge in [-0.25, -0.2) is 4.79 Å². The van der Waals surface area contributed by atoms with E-state index in [1.54, 1.807) is 0 Å². The van der Waals surface area contributed by atoms with E-state index in [0.717, 1.165) is 16.0 Å². The number of carbonyl (C=O) groups excluding carboxylic acids is 2. The predicted molar refractivity (Wildman–Crippen MR) is 71.8 cm³/mol. The third kappa shape index (κ3) is 5.38. The number of hydrogen-bond donors (Lipinski definition) is 3. The van der Waals surface area contributed by atoms with Gasteiger partial charge in [0, 0.05) is 6.54 Å². The quantitative estimate of drug-likeness (QED) is 0.684. The van der Waals surface area contributed by atoms with Gasteiger partial charge in [0.15, 0.2) is 0 Å². The van der Waals surface area contributed by atoms with Gasteiger partial charge in [-0.3, -0.25) is 9.59 Å². The van der Waals surface area contributed by atoms with Crippen LogP contribution in [0.25, 0.3) is 0 Å². The van der Waals surface area contributed by atoms with Gasteiger partial charge < -0.3 is 21.1 Å². The highest BCUT2D eigenvalue weighted by molar-refractivity contribution is 5.85. The molecule has 0 heterocycles. The molecule has 0 aliphatic rings. The Balaban J connectivity index is 2.58. The number of carbonyl (C=O) groups is 3. The Morgan fingerprint density at radius 2 is 1.80 bits per heavy atom. The second-order valence-corrected chi connectivity index (χ2v) is 4.36. The van der Waals surface area contributed by atoms with Crippen LogP contribution in [-0.2, 0) is 16.1 Å². The van der Waals surface area contributed by atoms with Crippen molar-refractivity contribution >= 4 is 17.9 Å². The Morgan fingerprint density at radius 3 is 2.30 bits per heavy atom. The number of aliphatic carboxylic acids is 1. The number of carboxylic acids is 1. The van der Waals surface area contributed by atoms with Crippen molar-refractivity contribution in [3.8, 4) is 0 Å². The first-order chi connectivity index (χ1) is 9.38. The molecule has 0 aliphatic heterocycles. The zero-order valence-corrected chi connectivity index (χ0v) is 11.1. The van der Waals surface area contributed by atoms with Crippen LogP contribution in [0.15, 0.2) is 24.3 Å². The van der Waals surface area contributed by atoms with Gasteiger partial charge in [-0.05, 0) is 12.5 Å². The number of primary amides is 1. The molecule has 0 atom stereocenters. The summed E-state index contributed by atoms with van der Waals surface area (Å²) < 4.78 is 0. The summed E-state index contributed by atoms with van der Waals surface area (Å²) >= 11 is 0. The second-order valence-electron chi connectivity index (χ2n) is 4.36. The molecule has 7 heteroatoms. The highest BCUT2D eigenvalue weighted by atomic mass is 16.4. The van der Waals surface area contributed by atoms with Crippen LogP contribution in [0.4, 0.5) is 4.79 Å². The monoisotopic (exact) mass is 279 g/mol. The van der Waals surface area contributed by atoms with Crippen molar-refractivity contribution in [1.29, 1.82) is 0 Å². The summed E-state index contributed by atoms with van der Waals surface area (Å²) in [5.41, 5.74) is 6.95. The number of carboxylic acid groups (broad SMARTS) is 1. The summed E-state index contributed by atoms with van der Waals surface area (Å²) in [6, 6.07) is 6.86. The van der Waals surface area contributed by atoms with Crippen LogP contribution >= 0.6 is 0 Å². The maximum absolute atomic E-state index is 11.8. The van der Waals surface area contributed by atoms with Gasteiger partial charge in [0.2, 0.25) is 5.91 Å². The standard InChI is InChI=1S/C13H17N3O4/c1-9-2-4-10(5-3-9)6-15-13(20)16(7-11(14)17)8-12(18)19/h2-5H,6-8H2,1H3,(H2,14,17)(H,15,20)(H,18,19). The molecule has 0 saturated carbocycles. The highest BCUT2D eigenvalue weighted by Crippen LogP contribution is 2.02. The molecule has 1 rings (SSSR count). The maximum Gasteiger partial charge on any atom is 0.323 e. The van der Waals surface area contributed by atoms with Gasteiger partial charge in [0.05, 0.1) is 0 Å². The lowest BCUT2D eigenvalue weighted by Gasteiger charge is -2.19. The minimum absolute atomic E-state index is 0.244. The summed E-state index contributed by atoms with van der Waals surface area (Å²) in [4.78, 5) is 34.1. The first-order valence-corrected chi connectivity index (χ1v) is 5.97. The van der Waals surface area contributed by atoms with Crippen LogP contribution in [0.5, 0.6) is 0 Å². The maximum atomic E-state index is 11.8. The summed E-state index contributed by atoms with van der Waals surface area (Å²) in [7, 11) is 0. The van der Waals surface area contributed by atoms with E-state index in [0.29, 0.717) is 0 Å². The van der Waals surface area contributed by atoms with E-state index < -0.39 is 31.0 Å². The summed E-state index contributed by atoms with van der Waals surface area (Å²) in [6.45, 7) is 1.17. The van der Waals surface area contributed by atoms with E-state index >= 15 is 0 Å². The summed E-state index contributed by atoms with van der Waals surface area (Å²) in [6.07, 6.45) is 0. The minimum atomic E-state index is -1.21. The highest BCUT2D eigenvalue weighted by Gasteiger charge is 2.18. The Morgan fingerprint density at radius 1 is 1.20 bits per heavy atom. The number of amides is 3. The van der Waals surface area contributed by atoms with Gasteiger partial charge in [0.1, 0.15) is 13.1 Å². The average Bonchev–Trinajstić information content (AvgIpc) is 2.36. The van der Waals surface area contributed by atoms with E-state index in [4.69, 9.17) is 10.8 Å². The van der Waals surface area contributed by atoms with E-state index in [1.807, 2.05) is 31.2 Å². The third-order valence-corrected chi connectivity index (χ3v) is 2.52. The van der Waals surface area contributed by atoms with E-state index in [-0.39, 0.29) is 6.54 Å². The molecular weight excluding hydrogens is 262 g/mol. The molecule has 1 aromatic rings. The zero-order chi connectivity index (χ0) is 15.1. The number of nitrogens with zero attached hydrogens (tertiary/aromatic N) is 1. The van der Waals surface area contributed by atoms with Crippen molar-refractivity contribution in [2.45, 2.75) is 13.5 Å². The molecule has 20 heavy (non-hydrogen) atoms. The van der Waals surface area contributed by atoms with E-state index in [1.165, 1.54) is 0 Å². The Labute approximate surface area is 116 Å². The third-order valence-electron chi connectivity index (χ3n) is 2.52. The predicted octanol–water partition coefficient (Wildman–Crippen LogP) is 0.0765. The van der Waals surface area contributed by atoms with Crippen LogP contribution in [0.3, 0.4) is 0 Å². The molecule has 0 aromatic heterocycles. The van der Waals surface area contributed by atoms with Crippen molar-refractivity contribution in [3.05, 3.63) is 35.4 Å². The van der Waals surface area contributed by atoms with Crippen LogP contribution in [0.2, 0.25) is 0 Å². The minimum Gasteiger partial charge on any atom is -0.480 e. The van der Waals surface area contributed by atoms with Crippen molar-refractivity contribution < 1.29 is 19.5 Å². The van der Waals surface area contributed by atoms with Gasteiger partial charge in [-0.1, -0.05) is 29.8 Å². The molecule has 0 fully saturated rings. The Bertz CT molecular complexity index is 483. The van der Waals surface area contributed by atoms with Gasteiger partial charge in [-0.15, -0.1) is 0 Å². The molecule has 0 unspecified atom stereocenters. The molecule has 0 saturated heterocycles.